The fraction of sp³-hybridized carbons (Fsp3) is 0.231. The van der Waals surface area contributed by atoms with Crippen molar-refractivity contribution in [3.8, 4) is 12.3 Å². The molecule has 0 bridgehead atoms. The number of nitrogens with zero attached hydrogens (tertiary/aromatic N) is 1. The van der Waals surface area contributed by atoms with Crippen LogP contribution in [0.2, 0.25) is 0 Å². The Morgan fingerprint density at radius 3 is 2.79 bits per heavy atom. The van der Waals surface area contributed by atoms with E-state index < -0.39 is 18.5 Å². The van der Waals surface area contributed by atoms with Crippen LogP contribution in [0.25, 0.3) is 0 Å². The van der Waals surface area contributed by atoms with Crippen LogP contribution < -0.4 is 5.32 Å². The van der Waals surface area contributed by atoms with Gasteiger partial charge in [-0.2, -0.15) is 0 Å². The van der Waals surface area contributed by atoms with Gasteiger partial charge in [0.05, 0.1) is 12.2 Å². The number of benzene rings is 1. The number of carboxylic acid groups (broad SMARTS) is 1. The van der Waals surface area contributed by atoms with Crippen LogP contribution in [0.15, 0.2) is 22.7 Å². The van der Waals surface area contributed by atoms with Crippen LogP contribution in [-0.2, 0) is 4.79 Å². The van der Waals surface area contributed by atoms with Gasteiger partial charge in [-0.05, 0) is 34.5 Å². The van der Waals surface area contributed by atoms with Crippen LogP contribution in [0.1, 0.15) is 5.56 Å². The lowest BCUT2D eigenvalue weighted by Gasteiger charge is -2.19. The summed E-state index contributed by atoms with van der Waals surface area (Å²) in [6.45, 7) is 1.37. The third kappa shape index (κ3) is 4.30. The van der Waals surface area contributed by atoms with Crippen LogP contribution in [0.5, 0.6) is 0 Å². The predicted molar refractivity (Wildman–Crippen MR) is 75.9 cm³/mol. The van der Waals surface area contributed by atoms with Crippen molar-refractivity contribution in [1.82, 2.24) is 4.90 Å². The van der Waals surface area contributed by atoms with Crippen LogP contribution in [0.3, 0.4) is 0 Å². The molecule has 0 saturated carbocycles. The number of urea groups is 1. The molecule has 100 valence electrons. The average molecular weight is 325 g/mol. The Kier molecular flexibility index (Phi) is 5.39. The van der Waals surface area contributed by atoms with Gasteiger partial charge in [-0.1, -0.05) is 18.1 Å². The number of carbonyl (C=O) groups is 2. The second-order valence-electron chi connectivity index (χ2n) is 3.82. The number of amides is 2. The van der Waals surface area contributed by atoms with Crippen molar-refractivity contribution >= 4 is 33.6 Å². The van der Waals surface area contributed by atoms with Gasteiger partial charge in [-0.3, -0.25) is 4.79 Å². The third-order valence-electron chi connectivity index (χ3n) is 2.33. The summed E-state index contributed by atoms with van der Waals surface area (Å²) in [6, 6.07) is 4.84. The number of terminal acetylenes is 1. The highest BCUT2D eigenvalue weighted by Gasteiger charge is 2.16. The van der Waals surface area contributed by atoms with Gasteiger partial charge in [0.2, 0.25) is 0 Å². The van der Waals surface area contributed by atoms with E-state index >= 15 is 0 Å². The van der Waals surface area contributed by atoms with Gasteiger partial charge >= 0.3 is 12.0 Å². The number of carbonyl (C=O) groups excluding carboxylic acids is 1. The molecule has 1 aromatic carbocycles. The van der Waals surface area contributed by atoms with E-state index in [2.05, 4.69) is 27.2 Å². The first-order chi connectivity index (χ1) is 8.95. The van der Waals surface area contributed by atoms with Crippen LogP contribution in [-0.4, -0.2) is 35.1 Å². The summed E-state index contributed by atoms with van der Waals surface area (Å²) in [6.07, 6.45) is 5.12. The molecule has 6 heteroatoms. The highest BCUT2D eigenvalue weighted by molar-refractivity contribution is 9.10. The number of hydrogen-bond acceptors (Lipinski definition) is 2. The van der Waals surface area contributed by atoms with Crippen LogP contribution >= 0.6 is 15.9 Å². The molecule has 0 radical (unpaired) electrons. The van der Waals surface area contributed by atoms with E-state index in [1.54, 1.807) is 12.1 Å². The Balaban J connectivity index is 2.84. The Morgan fingerprint density at radius 2 is 2.21 bits per heavy atom. The largest absolute Gasteiger partial charge is 0.480 e. The zero-order valence-corrected chi connectivity index (χ0v) is 11.9. The van der Waals surface area contributed by atoms with E-state index in [-0.39, 0.29) is 6.54 Å². The quantitative estimate of drug-likeness (QED) is 0.835. The van der Waals surface area contributed by atoms with Gasteiger partial charge in [0.25, 0.3) is 0 Å². The molecule has 0 atom stereocenters. The van der Waals surface area contributed by atoms with Crippen molar-refractivity contribution in [2.45, 2.75) is 6.92 Å². The van der Waals surface area contributed by atoms with Crippen molar-refractivity contribution in [2.24, 2.45) is 0 Å². The van der Waals surface area contributed by atoms with Crippen molar-refractivity contribution < 1.29 is 14.7 Å². The average Bonchev–Trinajstić information content (AvgIpc) is 2.34. The van der Waals surface area contributed by atoms with E-state index in [9.17, 15) is 9.59 Å². The standard InChI is InChI=1S/C13H13BrN2O3/c1-3-7-16(8-11(17)18)13(19)15-10-6-4-5-9(2)12(10)14/h1,4-6H,7-8H2,2H3,(H,15,19)(H,17,18). The lowest BCUT2D eigenvalue weighted by Crippen LogP contribution is -2.39. The smallest absolute Gasteiger partial charge is 0.323 e. The lowest BCUT2D eigenvalue weighted by molar-refractivity contribution is -0.137. The summed E-state index contributed by atoms with van der Waals surface area (Å²) in [5, 5.41) is 11.3. The maximum atomic E-state index is 11.9. The first-order valence-corrected chi connectivity index (χ1v) is 6.21. The number of carboxylic acids is 1. The Morgan fingerprint density at radius 1 is 1.53 bits per heavy atom. The normalized spacial score (nSPS) is 9.53. The van der Waals surface area contributed by atoms with Gasteiger partial charge < -0.3 is 15.3 Å². The summed E-state index contributed by atoms with van der Waals surface area (Å²) in [7, 11) is 0. The maximum Gasteiger partial charge on any atom is 0.323 e. The minimum atomic E-state index is -1.12. The Hall–Kier alpha value is -2.00. The lowest BCUT2D eigenvalue weighted by atomic mass is 10.2. The molecule has 0 aliphatic rings. The molecule has 5 nitrogen and oxygen atoms in total. The Labute approximate surface area is 119 Å². The summed E-state index contributed by atoms with van der Waals surface area (Å²) in [4.78, 5) is 23.6. The maximum absolute atomic E-state index is 11.9. The minimum absolute atomic E-state index is 0.0679. The molecule has 2 amide bonds. The van der Waals surface area contributed by atoms with Crippen molar-refractivity contribution in [1.29, 1.82) is 0 Å². The fourth-order valence-electron chi connectivity index (χ4n) is 1.41. The second-order valence-corrected chi connectivity index (χ2v) is 4.61. The van der Waals surface area contributed by atoms with E-state index in [4.69, 9.17) is 11.5 Å². The van der Waals surface area contributed by atoms with Gasteiger partial charge in [-0.25, -0.2) is 4.79 Å². The number of nitrogens with one attached hydrogen (secondary N) is 1. The molecule has 0 aromatic heterocycles. The molecule has 0 aliphatic heterocycles. The highest BCUT2D eigenvalue weighted by atomic mass is 79.9. The summed E-state index contributed by atoms with van der Waals surface area (Å²) in [5.41, 5.74) is 1.52. The molecule has 0 heterocycles. The molecule has 0 saturated heterocycles. The van der Waals surface area contributed by atoms with Gasteiger partial charge in [0.15, 0.2) is 0 Å². The summed E-state index contributed by atoms with van der Waals surface area (Å²) >= 11 is 3.36. The first kappa shape index (κ1) is 15.1. The summed E-state index contributed by atoms with van der Waals surface area (Å²) in [5.74, 6) is 1.14. The number of anilines is 1. The fourth-order valence-corrected chi connectivity index (χ4v) is 1.77. The molecule has 0 fully saturated rings. The predicted octanol–water partition coefficient (Wildman–Crippen LogP) is 2.31. The number of rotatable bonds is 4. The molecular formula is C13H13BrN2O3. The van der Waals surface area contributed by atoms with E-state index in [0.29, 0.717) is 5.69 Å². The van der Waals surface area contributed by atoms with Gasteiger partial charge in [0, 0.05) is 4.47 Å². The molecular weight excluding hydrogens is 312 g/mol. The van der Waals surface area contributed by atoms with Crippen molar-refractivity contribution in [3.05, 3.63) is 28.2 Å². The summed E-state index contributed by atoms with van der Waals surface area (Å²) < 4.78 is 0.749. The SMILES string of the molecule is C#CCN(CC(=O)O)C(=O)Nc1cccc(C)c1Br. The molecule has 0 spiro atoms. The number of aliphatic carboxylic acids is 1. The van der Waals surface area contributed by atoms with Crippen molar-refractivity contribution in [3.63, 3.8) is 0 Å². The molecule has 19 heavy (non-hydrogen) atoms. The highest BCUT2D eigenvalue weighted by Crippen LogP contribution is 2.25. The molecule has 0 unspecified atom stereocenters. The zero-order valence-electron chi connectivity index (χ0n) is 10.3. The Bertz CT molecular complexity index is 537. The second kappa shape index (κ2) is 6.81. The van der Waals surface area contributed by atoms with E-state index in [1.807, 2.05) is 13.0 Å². The number of halogens is 1. The van der Waals surface area contributed by atoms with Crippen LogP contribution in [0, 0.1) is 19.3 Å². The first-order valence-electron chi connectivity index (χ1n) is 5.42. The molecule has 2 N–H and O–H groups in total. The monoisotopic (exact) mass is 324 g/mol. The number of aryl methyl sites for hydroxylation is 1. The molecule has 1 aromatic rings. The molecule has 1 rings (SSSR count). The van der Waals surface area contributed by atoms with Crippen LogP contribution in [0.4, 0.5) is 10.5 Å². The zero-order chi connectivity index (χ0) is 14.4. The number of hydrogen-bond donors (Lipinski definition) is 2. The van der Waals surface area contributed by atoms with E-state index in [1.165, 1.54) is 0 Å². The van der Waals surface area contributed by atoms with Gasteiger partial charge in [-0.15, -0.1) is 6.42 Å². The minimum Gasteiger partial charge on any atom is -0.480 e. The van der Waals surface area contributed by atoms with E-state index in [0.717, 1.165) is 14.9 Å². The topological polar surface area (TPSA) is 69.6 Å². The third-order valence-corrected chi connectivity index (χ3v) is 3.38. The molecule has 0 aliphatic carbocycles. The van der Waals surface area contributed by atoms with Crippen molar-refractivity contribution in [2.75, 3.05) is 18.4 Å². The van der Waals surface area contributed by atoms with Gasteiger partial charge in [0.1, 0.15) is 6.54 Å².